The molecule has 0 aliphatic rings. The maximum atomic E-state index is 9.42. The molecule has 4 heteroatoms. The Morgan fingerprint density at radius 1 is 0.609 bits per heavy atom. The molecule has 2 rings (SSSR count). The molecule has 0 amide bonds. The number of hydrogen-bond acceptors (Lipinski definition) is 4. The number of aromatic hydroxyl groups is 4. The van der Waals surface area contributed by atoms with E-state index in [1.54, 1.807) is 18.2 Å². The van der Waals surface area contributed by atoms with Gasteiger partial charge in [0.15, 0.2) is 23.0 Å². The molecule has 0 aliphatic carbocycles. The summed E-state index contributed by atoms with van der Waals surface area (Å²) in [5.74, 6) is -0.336. The summed E-state index contributed by atoms with van der Waals surface area (Å²) in [5, 5.41) is 37.3. The summed E-state index contributed by atoms with van der Waals surface area (Å²) < 4.78 is 0. The maximum Gasteiger partial charge on any atom is 0.157 e. The highest BCUT2D eigenvalue weighted by molar-refractivity contribution is 5.41. The Morgan fingerprint density at radius 2 is 1.13 bits per heavy atom. The molecule has 4 nitrogen and oxygen atoms in total. The Labute approximate surface area is 136 Å². The van der Waals surface area contributed by atoms with E-state index in [9.17, 15) is 20.4 Å². The summed E-state index contributed by atoms with van der Waals surface area (Å²) in [6.45, 7) is 0. The van der Waals surface area contributed by atoms with Crippen molar-refractivity contribution in [1.82, 2.24) is 0 Å². The van der Waals surface area contributed by atoms with E-state index in [4.69, 9.17) is 0 Å². The van der Waals surface area contributed by atoms with Crippen molar-refractivity contribution >= 4 is 0 Å². The van der Waals surface area contributed by atoms with Crippen molar-refractivity contribution in [3.8, 4) is 23.0 Å². The number of allylic oxidation sites excluding steroid dienone is 2. The van der Waals surface area contributed by atoms with Crippen molar-refractivity contribution in [3.63, 3.8) is 0 Å². The molecule has 0 saturated carbocycles. The van der Waals surface area contributed by atoms with Gasteiger partial charge in [0.1, 0.15) is 0 Å². The van der Waals surface area contributed by atoms with Gasteiger partial charge in [0.05, 0.1) is 0 Å². The first-order valence-corrected chi connectivity index (χ1v) is 7.73. The van der Waals surface area contributed by atoms with Gasteiger partial charge in [-0.05, 0) is 67.5 Å². The highest BCUT2D eigenvalue weighted by atomic mass is 16.3. The molecule has 0 atom stereocenters. The number of rotatable bonds is 7. The predicted octanol–water partition coefficient (Wildman–Crippen LogP) is 4.02. The van der Waals surface area contributed by atoms with E-state index < -0.39 is 0 Å². The lowest BCUT2D eigenvalue weighted by molar-refractivity contribution is 0.403. The van der Waals surface area contributed by atoms with Crippen LogP contribution in [0.4, 0.5) is 0 Å². The fraction of sp³-hybridized carbons (Fsp3) is 0.263. The van der Waals surface area contributed by atoms with Crippen molar-refractivity contribution < 1.29 is 20.4 Å². The second-order valence-electron chi connectivity index (χ2n) is 5.55. The van der Waals surface area contributed by atoms with Crippen LogP contribution in [-0.2, 0) is 12.8 Å². The van der Waals surface area contributed by atoms with E-state index in [1.165, 1.54) is 12.1 Å². The third kappa shape index (κ3) is 5.25. The van der Waals surface area contributed by atoms with Crippen LogP contribution in [-0.4, -0.2) is 20.4 Å². The monoisotopic (exact) mass is 314 g/mol. The van der Waals surface area contributed by atoms with Gasteiger partial charge in [-0.25, -0.2) is 0 Å². The van der Waals surface area contributed by atoms with Crippen molar-refractivity contribution in [2.75, 3.05) is 0 Å². The molecule has 122 valence electrons. The number of phenols is 4. The summed E-state index contributed by atoms with van der Waals surface area (Å²) in [6.07, 6.45) is 8.70. The Balaban J connectivity index is 1.66. The zero-order chi connectivity index (χ0) is 16.7. The van der Waals surface area contributed by atoms with E-state index in [0.29, 0.717) is 0 Å². The summed E-state index contributed by atoms with van der Waals surface area (Å²) >= 11 is 0. The number of hydrogen-bond donors (Lipinski definition) is 4. The van der Waals surface area contributed by atoms with Crippen LogP contribution in [0.25, 0.3) is 0 Å². The largest absolute Gasteiger partial charge is 0.504 e. The zero-order valence-corrected chi connectivity index (χ0v) is 12.9. The molecule has 0 radical (unpaired) electrons. The summed E-state index contributed by atoms with van der Waals surface area (Å²) in [4.78, 5) is 0. The van der Waals surface area contributed by atoms with Gasteiger partial charge in [-0.2, -0.15) is 0 Å². The van der Waals surface area contributed by atoms with Crippen LogP contribution >= 0.6 is 0 Å². The molecule has 0 unspecified atom stereocenters. The van der Waals surface area contributed by atoms with Gasteiger partial charge in [0.25, 0.3) is 0 Å². The average Bonchev–Trinajstić information content (AvgIpc) is 2.53. The lowest BCUT2D eigenvalue weighted by atomic mass is 10.1. The maximum absolute atomic E-state index is 9.42. The number of phenolic OH excluding ortho intramolecular Hbond substituents is 4. The van der Waals surface area contributed by atoms with E-state index in [1.807, 2.05) is 6.07 Å². The molecule has 4 N–H and O–H groups in total. The highest BCUT2D eigenvalue weighted by Gasteiger charge is 2.00. The van der Waals surface area contributed by atoms with Crippen LogP contribution in [0.1, 0.15) is 30.4 Å². The minimum Gasteiger partial charge on any atom is -0.504 e. The van der Waals surface area contributed by atoms with E-state index >= 15 is 0 Å². The molecule has 0 spiro atoms. The Bertz CT molecular complexity index is 677. The smallest absolute Gasteiger partial charge is 0.157 e. The van der Waals surface area contributed by atoms with Crippen molar-refractivity contribution in [2.24, 2.45) is 0 Å². The van der Waals surface area contributed by atoms with Crippen LogP contribution in [0.5, 0.6) is 23.0 Å². The second-order valence-corrected chi connectivity index (χ2v) is 5.55. The van der Waals surface area contributed by atoms with E-state index in [0.717, 1.165) is 43.2 Å². The molecule has 0 bridgehead atoms. The van der Waals surface area contributed by atoms with Crippen LogP contribution < -0.4 is 0 Å². The normalized spacial score (nSPS) is 11.1. The van der Waals surface area contributed by atoms with Gasteiger partial charge in [0, 0.05) is 0 Å². The van der Waals surface area contributed by atoms with Gasteiger partial charge < -0.3 is 20.4 Å². The minimum absolute atomic E-state index is 0.0739. The van der Waals surface area contributed by atoms with Crippen LogP contribution in [0, 0.1) is 0 Å². The van der Waals surface area contributed by atoms with Gasteiger partial charge in [-0.3, -0.25) is 0 Å². The number of aryl methyl sites for hydroxylation is 2. The number of unbranched alkanes of at least 4 members (excludes halogenated alkanes) is 1. The van der Waals surface area contributed by atoms with Gasteiger partial charge in [-0.15, -0.1) is 0 Å². The van der Waals surface area contributed by atoms with Gasteiger partial charge in [0.2, 0.25) is 0 Å². The van der Waals surface area contributed by atoms with Crippen LogP contribution in [0.15, 0.2) is 48.6 Å². The molecular weight excluding hydrogens is 292 g/mol. The Hall–Kier alpha value is -2.62. The molecule has 0 aromatic heterocycles. The van der Waals surface area contributed by atoms with E-state index in [2.05, 4.69) is 12.2 Å². The molecule has 23 heavy (non-hydrogen) atoms. The predicted molar refractivity (Wildman–Crippen MR) is 89.9 cm³/mol. The van der Waals surface area contributed by atoms with Crippen molar-refractivity contribution in [1.29, 1.82) is 0 Å². The van der Waals surface area contributed by atoms with Crippen LogP contribution in [0.2, 0.25) is 0 Å². The van der Waals surface area contributed by atoms with Crippen molar-refractivity contribution in [3.05, 3.63) is 59.7 Å². The second kappa shape index (κ2) is 8.13. The van der Waals surface area contributed by atoms with Crippen molar-refractivity contribution in [2.45, 2.75) is 32.1 Å². The lowest BCUT2D eigenvalue weighted by Crippen LogP contribution is -1.85. The molecule has 0 aliphatic heterocycles. The molecular formula is C19H22O4. The third-order valence-electron chi connectivity index (χ3n) is 3.68. The summed E-state index contributed by atoms with van der Waals surface area (Å²) in [5.41, 5.74) is 2.00. The number of benzene rings is 2. The molecule has 2 aromatic rings. The topological polar surface area (TPSA) is 80.9 Å². The first-order valence-electron chi connectivity index (χ1n) is 7.73. The molecule has 2 aromatic carbocycles. The first kappa shape index (κ1) is 16.7. The quantitative estimate of drug-likeness (QED) is 0.353. The Morgan fingerprint density at radius 3 is 1.70 bits per heavy atom. The first-order chi connectivity index (χ1) is 11.1. The third-order valence-corrected chi connectivity index (χ3v) is 3.68. The molecule has 0 fully saturated rings. The summed E-state index contributed by atoms with van der Waals surface area (Å²) in [6, 6.07) is 9.81. The van der Waals surface area contributed by atoms with Gasteiger partial charge in [-0.1, -0.05) is 24.3 Å². The van der Waals surface area contributed by atoms with Crippen LogP contribution in [0.3, 0.4) is 0 Å². The standard InChI is InChI=1S/C19H22O4/c20-16-10-8-14(12-18(16)22)6-4-2-1-3-5-7-15-9-11-17(21)19(23)13-15/h1-2,8-13,20-23H,3-7H2/b2-1+. The fourth-order valence-corrected chi connectivity index (χ4v) is 2.36. The SMILES string of the molecule is Oc1ccc(CC/C=C/CCCc2ccc(O)c(O)c2)cc1O. The van der Waals surface area contributed by atoms with Gasteiger partial charge >= 0.3 is 0 Å². The molecule has 0 heterocycles. The minimum atomic E-state index is -0.0930. The highest BCUT2D eigenvalue weighted by Crippen LogP contribution is 2.26. The fourth-order valence-electron chi connectivity index (χ4n) is 2.36. The molecule has 0 saturated heterocycles. The van der Waals surface area contributed by atoms with E-state index in [-0.39, 0.29) is 23.0 Å². The average molecular weight is 314 g/mol. The zero-order valence-electron chi connectivity index (χ0n) is 12.9. The summed E-state index contributed by atoms with van der Waals surface area (Å²) in [7, 11) is 0. The lowest BCUT2D eigenvalue weighted by Gasteiger charge is -2.03. The Kier molecular flexibility index (Phi) is 5.92.